The smallest absolute Gasteiger partial charge is 0.305 e. The predicted octanol–water partition coefficient (Wildman–Crippen LogP) is 4.64. The van der Waals surface area contributed by atoms with Gasteiger partial charge in [0.15, 0.2) is 0 Å². The van der Waals surface area contributed by atoms with Crippen molar-refractivity contribution in [3.63, 3.8) is 0 Å². The molecule has 3 heteroatoms. The van der Waals surface area contributed by atoms with E-state index in [1.165, 1.54) is 52.1 Å². The quantitative estimate of drug-likeness (QED) is 0.226. The summed E-state index contributed by atoms with van der Waals surface area (Å²) in [5.41, 5.74) is 0. The molecule has 1 atom stereocenters. The minimum atomic E-state index is -0.144. The van der Waals surface area contributed by atoms with Crippen molar-refractivity contribution in [1.29, 1.82) is 0 Å². The van der Waals surface area contributed by atoms with Gasteiger partial charge in [0.05, 0.1) is 19.8 Å². The number of methoxy groups -OCH3 is 1. The van der Waals surface area contributed by atoms with Gasteiger partial charge in [-0.2, -0.15) is 0 Å². The zero-order valence-corrected chi connectivity index (χ0v) is 15.2. The highest BCUT2D eigenvalue weighted by atomic mass is 16.6. The van der Waals surface area contributed by atoms with Crippen LogP contribution in [-0.2, 0) is 14.3 Å². The van der Waals surface area contributed by atoms with Crippen LogP contribution in [0, 0.1) is 23.7 Å². The molecule has 0 aromatic heterocycles. The molecule has 0 aromatic carbocycles. The molecule has 1 aliphatic heterocycles. The number of hydrogen-bond acceptors (Lipinski definition) is 3. The molecule has 0 amide bonds. The van der Waals surface area contributed by atoms with Gasteiger partial charge in [-0.3, -0.25) is 4.79 Å². The second-order valence-corrected chi connectivity index (χ2v) is 6.25. The molecule has 0 bridgehead atoms. The summed E-state index contributed by atoms with van der Waals surface area (Å²) >= 11 is 0. The summed E-state index contributed by atoms with van der Waals surface area (Å²) < 4.78 is 9.76. The zero-order valence-electron chi connectivity index (χ0n) is 15.2. The Morgan fingerprint density at radius 1 is 0.875 bits per heavy atom. The monoisotopic (exact) mass is 332 g/mol. The van der Waals surface area contributed by atoms with E-state index in [2.05, 4.69) is 28.4 Å². The lowest BCUT2D eigenvalue weighted by Crippen LogP contribution is -1.98. The van der Waals surface area contributed by atoms with Gasteiger partial charge in [0.1, 0.15) is 0 Å². The Balaban J connectivity index is 1.75. The molecule has 1 heterocycles. The third kappa shape index (κ3) is 14.2. The van der Waals surface area contributed by atoms with Crippen molar-refractivity contribution >= 4 is 5.97 Å². The Bertz CT molecular complexity index is 443. The largest absolute Gasteiger partial charge is 0.469 e. The molecule has 1 saturated heterocycles. The Hall–Kier alpha value is -1.45. The highest BCUT2D eigenvalue weighted by Gasteiger charge is 2.20. The van der Waals surface area contributed by atoms with Gasteiger partial charge in [0.2, 0.25) is 0 Å². The highest BCUT2D eigenvalue weighted by Crippen LogP contribution is 2.16. The first-order valence-corrected chi connectivity index (χ1v) is 9.43. The number of ether oxygens (including phenoxy) is 2. The maximum absolute atomic E-state index is 10.9. The molecule has 0 aromatic rings. The van der Waals surface area contributed by atoms with Crippen molar-refractivity contribution in [2.75, 3.05) is 13.7 Å². The maximum atomic E-state index is 10.9. The van der Waals surface area contributed by atoms with Crippen LogP contribution in [0.15, 0.2) is 0 Å². The summed E-state index contributed by atoms with van der Waals surface area (Å²) in [6.07, 6.45) is 14.2. The fraction of sp³-hybridized carbons (Fsp3) is 0.762. The van der Waals surface area contributed by atoms with E-state index in [9.17, 15) is 4.79 Å². The molecule has 0 N–H and O–H groups in total. The fourth-order valence-electron chi connectivity index (χ4n) is 2.39. The van der Waals surface area contributed by atoms with Crippen LogP contribution in [-0.4, -0.2) is 25.8 Å². The van der Waals surface area contributed by atoms with E-state index in [1.807, 2.05) is 0 Å². The summed E-state index contributed by atoms with van der Waals surface area (Å²) in [6.45, 7) is 0.967. The molecule has 1 rings (SSSR count). The van der Waals surface area contributed by atoms with Crippen molar-refractivity contribution in [2.45, 2.75) is 89.6 Å². The molecule has 0 radical (unpaired) electrons. The van der Waals surface area contributed by atoms with E-state index in [-0.39, 0.29) is 5.97 Å². The van der Waals surface area contributed by atoms with E-state index in [1.54, 1.807) is 0 Å². The SMILES string of the molecule is COC(=O)CCCC#CCCCCCCCC#CCCCC1CO1. The van der Waals surface area contributed by atoms with E-state index in [0.717, 1.165) is 38.7 Å². The van der Waals surface area contributed by atoms with Gasteiger partial charge in [-0.1, -0.05) is 19.3 Å². The van der Waals surface area contributed by atoms with Crippen LogP contribution < -0.4 is 0 Å². The normalized spacial score (nSPS) is 15.0. The van der Waals surface area contributed by atoms with Gasteiger partial charge < -0.3 is 9.47 Å². The van der Waals surface area contributed by atoms with E-state index >= 15 is 0 Å². The molecule has 0 spiro atoms. The number of unbranched alkanes of at least 4 members (excludes halogenated alkanes) is 8. The Kier molecular flexibility index (Phi) is 13.0. The standard InChI is InChI=1S/C21H32O3/c1-23-21(22)18-16-14-12-10-8-6-4-2-3-5-7-9-11-13-15-17-20-19-24-20/h20H,2-8,13-19H2,1H3. The van der Waals surface area contributed by atoms with Crippen LogP contribution in [0.25, 0.3) is 0 Å². The number of esters is 1. The maximum Gasteiger partial charge on any atom is 0.305 e. The average molecular weight is 332 g/mol. The van der Waals surface area contributed by atoms with Gasteiger partial charge in [0.25, 0.3) is 0 Å². The number of carbonyl (C=O) groups excluding carboxylic acids is 1. The molecule has 0 saturated carbocycles. The number of epoxide rings is 1. The third-order valence-electron chi connectivity index (χ3n) is 3.99. The van der Waals surface area contributed by atoms with Gasteiger partial charge >= 0.3 is 5.97 Å². The van der Waals surface area contributed by atoms with Gasteiger partial charge in [-0.15, -0.1) is 23.7 Å². The van der Waals surface area contributed by atoms with Crippen molar-refractivity contribution in [1.82, 2.24) is 0 Å². The van der Waals surface area contributed by atoms with Crippen molar-refractivity contribution in [3.05, 3.63) is 0 Å². The van der Waals surface area contributed by atoms with Crippen molar-refractivity contribution in [3.8, 4) is 23.7 Å². The summed E-state index contributed by atoms with van der Waals surface area (Å²) in [7, 11) is 1.42. The molecule has 1 fully saturated rings. The summed E-state index contributed by atoms with van der Waals surface area (Å²) in [6, 6.07) is 0. The number of hydrogen-bond donors (Lipinski definition) is 0. The number of carbonyl (C=O) groups is 1. The summed E-state index contributed by atoms with van der Waals surface area (Å²) in [4.78, 5) is 10.9. The zero-order chi connectivity index (χ0) is 17.3. The Morgan fingerprint density at radius 2 is 1.38 bits per heavy atom. The fourth-order valence-corrected chi connectivity index (χ4v) is 2.39. The lowest BCUT2D eigenvalue weighted by atomic mass is 10.1. The third-order valence-corrected chi connectivity index (χ3v) is 3.99. The average Bonchev–Trinajstić information content (AvgIpc) is 3.41. The molecular weight excluding hydrogens is 300 g/mol. The molecule has 134 valence electrons. The first kappa shape index (κ1) is 20.6. The lowest BCUT2D eigenvalue weighted by Gasteiger charge is -1.97. The van der Waals surface area contributed by atoms with Crippen molar-refractivity contribution in [2.24, 2.45) is 0 Å². The molecule has 0 aliphatic carbocycles. The first-order valence-electron chi connectivity index (χ1n) is 9.43. The van der Waals surface area contributed by atoms with Gasteiger partial charge in [0, 0.05) is 32.1 Å². The van der Waals surface area contributed by atoms with Crippen molar-refractivity contribution < 1.29 is 14.3 Å². The second-order valence-electron chi connectivity index (χ2n) is 6.25. The molecule has 1 aliphatic rings. The first-order chi connectivity index (χ1) is 11.8. The van der Waals surface area contributed by atoms with E-state index in [4.69, 9.17) is 4.74 Å². The minimum Gasteiger partial charge on any atom is -0.469 e. The van der Waals surface area contributed by atoms with Crippen LogP contribution in [0.3, 0.4) is 0 Å². The predicted molar refractivity (Wildman–Crippen MR) is 97.3 cm³/mol. The summed E-state index contributed by atoms with van der Waals surface area (Å²) in [5.74, 6) is 12.7. The highest BCUT2D eigenvalue weighted by molar-refractivity contribution is 5.69. The van der Waals surface area contributed by atoms with Gasteiger partial charge in [-0.25, -0.2) is 0 Å². The summed E-state index contributed by atoms with van der Waals surface area (Å²) in [5, 5.41) is 0. The van der Waals surface area contributed by atoms with Crippen LogP contribution in [0.2, 0.25) is 0 Å². The molecular formula is C21H32O3. The van der Waals surface area contributed by atoms with Gasteiger partial charge in [-0.05, 0) is 32.1 Å². The van der Waals surface area contributed by atoms with Crippen LogP contribution in [0.1, 0.15) is 83.5 Å². The Labute approximate surface area is 147 Å². The van der Waals surface area contributed by atoms with Crippen LogP contribution in [0.5, 0.6) is 0 Å². The second kappa shape index (κ2) is 15.1. The Morgan fingerprint density at radius 3 is 1.92 bits per heavy atom. The molecule has 24 heavy (non-hydrogen) atoms. The van der Waals surface area contributed by atoms with E-state index < -0.39 is 0 Å². The van der Waals surface area contributed by atoms with Crippen LogP contribution >= 0.6 is 0 Å². The van der Waals surface area contributed by atoms with Crippen LogP contribution in [0.4, 0.5) is 0 Å². The van der Waals surface area contributed by atoms with E-state index in [0.29, 0.717) is 12.5 Å². The minimum absolute atomic E-state index is 0.144. The number of rotatable bonds is 12. The topological polar surface area (TPSA) is 38.8 Å². The molecule has 3 nitrogen and oxygen atoms in total. The molecule has 1 unspecified atom stereocenters. The lowest BCUT2D eigenvalue weighted by molar-refractivity contribution is -0.140.